The molecule has 4 rings (SSSR count). The Bertz CT molecular complexity index is 932. The molecule has 0 spiro atoms. The second-order valence-corrected chi connectivity index (χ2v) is 6.79. The van der Waals surface area contributed by atoms with Gasteiger partial charge >= 0.3 is 0 Å². The van der Waals surface area contributed by atoms with Gasteiger partial charge in [-0.2, -0.15) is 4.98 Å². The van der Waals surface area contributed by atoms with Crippen molar-refractivity contribution in [2.75, 3.05) is 13.1 Å². The van der Waals surface area contributed by atoms with E-state index < -0.39 is 0 Å². The Morgan fingerprint density at radius 1 is 1.26 bits per heavy atom. The van der Waals surface area contributed by atoms with Gasteiger partial charge in [-0.3, -0.25) is 4.79 Å². The van der Waals surface area contributed by atoms with Crippen LogP contribution in [-0.2, 0) is 6.42 Å². The first kappa shape index (κ1) is 17.5. The molecule has 1 amide bonds. The number of amides is 1. The van der Waals surface area contributed by atoms with Gasteiger partial charge < -0.3 is 13.8 Å². The predicted molar refractivity (Wildman–Crippen MR) is 98.2 cm³/mol. The van der Waals surface area contributed by atoms with Crippen molar-refractivity contribution in [3.05, 3.63) is 53.6 Å². The van der Waals surface area contributed by atoms with Crippen molar-refractivity contribution in [3.8, 4) is 11.4 Å². The minimum atomic E-state index is -0.118. The highest BCUT2D eigenvalue weighted by atomic mass is 16.5. The molecule has 7 nitrogen and oxygen atoms in total. The molecule has 3 heterocycles. The summed E-state index contributed by atoms with van der Waals surface area (Å²) in [6.45, 7) is 4.99. The van der Waals surface area contributed by atoms with Gasteiger partial charge in [-0.15, -0.1) is 0 Å². The third-order valence-corrected chi connectivity index (χ3v) is 4.87. The van der Waals surface area contributed by atoms with E-state index in [-0.39, 0.29) is 11.8 Å². The molecule has 1 aromatic carbocycles. The highest BCUT2D eigenvalue weighted by Crippen LogP contribution is 2.28. The number of likely N-dealkylation sites (tertiary alicyclic amines) is 1. The Labute approximate surface area is 157 Å². The van der Waals surface area contributed by atoms with E-state index in [1.807, 2.05) is 44.2 Å². The van der Waals surface area contributed by atoms with Crippen LogP contribution in [0.25, 0.3) is 11.4 Å². The average Bonchev–Trinajstić information content (AvgIpc) is 3.35. The number of benzene rings is 1. The molecule has 3 aromatic rings. The highest BCUT2D eigenvalue weighted by molar-refractivity contribution is 5.92. The largest absolute Gasteiger partial charge is 0.435 e. The van der Waals surface area contributed by atoms with E-state index in [1.54, 1.807) is 4.90 Å². The standard InChI is InChI=1S/C20H22N4O3/c1-3-16-21-13(2)17(26-16)20(25)24-11-7-10-15(12-24)19-22-18(23-27-19)14-8-5-4-6-9-14/h4-6,8-9,15H,3,7,10-12H2,1-2H3/t15-/m0/s1. The Balaban J connectivity index is 1.50. The van der Waals surface area contributed by atoms with Crippen LogP contribution < -0.4 is 0 Å². The zero-order chi connectivity index (χ0) is 18.8. The lowest BCUT2D eigenvalue weighted by Crippen LogP contribution is -2.39. The quantitative estimate of drug-likeness (QED) is 0.701. The van der Waals surface area contributed by atoms with Crippen LogP contribution >= 0.6 is 0 Å². The van der Waals surface area contributed by atoms with Gasteiger partial charge in [-0.25, -0.2) is 4.98 Å². The van der Waals surface area contributed by atoms with E-state index in [9.17, 15) is 4.79 Å². The van der Waals surface area contributed by atoms with Crippen LogP contribution in [0.2, 0.25) is 0 Å². The molecular weight excluding hydrogens is 344 g/mol. The van der Waals surface area contributed by atoms with Crippen molar-refractivity contribution in [1.82, 2.24) is 20.0 Å². The fraction of sp³-hybridized carbons (Fsp3) is 0.400. The minimum absolute atomic E-state index is 0.0292. The van der Waals surface area contributed by atoms with Crippen LogP contribution in [0, 0.1) is 6.92 Å². The molecular formula is C20H22N4O3. The van der Waals surface area contributed by atoms with Crippen LogP contribution in [0.4, 0.5) is 0 Å². The number of rotatable bonds is 4. The predicted octanol–water partition coefficient (Wildman–Crippen LogP) is 3.62. The second kappa shape index (κ2) is 7.34. The van der Waals surface area contributed by atoms with E-state index in [0.29, 0.717) is 48.6 Å². The maximum Gasteiger partial charge on any atom is 0.291 e. The maximum atomic E-state index is 12.9. The van der Waals surface area contributed by atoms with Gasteiger partial charge in [0.2, 0.25) is 17.5 Å². The van der Waals surface area contributed by atoms with Gasteiger partial charge in [0.15, 0.2) is 5.89 Å². The molecule has 27 heavy (non-hydrogen) atoms. The van der Waals surface area contributed by atoms with Gasteiger partial charge in [0.1, 0.15) is 0 Å². The van der Waals surface area contributed by atoms with Gasteiger partial charge in [0.05, 0.1) is 11.6 Å². The van der Waals surface area contributed by atoms with Crippen molar-refractivity contribution in [1.29, 1.82) is 0 Å². The smallest absolute Gasteiger partial charge is 0.291 e. The number of hydrogen-bond acceptors (Lipinski definition) is 6. The third-order valence-electron chi connectivity index (χ3n) is 4.87. The van der Waals surface area contributed by atoms with Gasteiger partial charge in [-0.05, 0) is 19.8 Å². The van der Waals surface area contributed by atoms with Crippen molar-refractivity contribution in [2.45, 2.75) is 39.0 Å². The summed E-state index contributed by atoms with van der Waals surface area (Å²) in [6.07, 6.45) is 2.46. The van der Waals surface area contributed by atoms with Crippen molar-refractivity contribution in [3.63, 3.8) is 0 Å². The number of nitrogens with zero attached hydrogens (tertiary/aromatic N) is 4. The van der Waals surface area contributed by atoms with E-state index in [0.717, 1.165) is 18.4 Å². The number of carbonyl (C=O) groups is 1. The van der Waals surface area contributed by atoms with Crippen LogP contribution in [0.5, 0.6) is 0 Å². The summed E-state index contributed by atoms with van der Waals surface area (Å²) in [5, 5.41) is 4.10. The van der Waals surface area contributed by atoms with Crippen molar-refractivity contribution >= 4 is 5.91 Å². The van der Waals surface area contributed by atoms with Crippen LogP contribution in [0.15, 0.2) is 39.3 Å². The Hall–Kier alpha value is -2.96. The summed E-state index contributed by atoms with van der Waals surface area (Å²) in [6, 6.07) is 9.73. The first-order chi connectivity index (χ1) is 13.2. The lowest BCUT2D eigenvalue weighted by molar-refractivity contribution is 0.0660. The monoisotopic (exact) mass is 366 g/mol. The summed E-state index contributed by atoms with van der Waals surface area (Å²) >= 11 is 0. The SMILES string of the molecule is CCc1nc(C)c(C(=O)N2CCC[C@H](c3nc(-c4ccccc4)no3)C2)o1. The molecule has 1 aliphatic rings. The minimum Gasteiger partial charge on any atom is -0.435 e. The van der Waals surface area contributed by atoms with Crippen LogP contribution in [0.3, 0.4) is 0 Å². The number of hydrogen-bond donors (Lipinski definition) is 0. The molecule has 140 valence electrons. The zero-order valence-corrected chi connectivity index (χ0v) is 15.5. The lowest BCUT2D eigenvalue weighted by atomic mass is 9.97. The van der Waals surface area contributed by atoms with E-state index in [2.05, 4.69) is 15.1 Å². The second-order valence-electron chi connectivity index (χ2n) is 6.79. The highest BCUT2D eigenvalue weighted by Gasteiger charge is 2.31. The summed E-state index contributed by atoms with van der Waals surface area (Å²) in [5.41, 5.74) is 1.56. The maximum absolute atomic E-state index is 12.9. The molecule has 0 unspecified atom stereocenters. The molecule has 1 aliphatic heterocycles. The normalized spacial score (nSPS) is 17.3. The molecule has 0 bridgehead atoms. The number of piperidine rings is 1. The van der Waals surface area contributed by atoms with Gasteiger partial charge in [0, 0.05) is 25.1 Å². The average molecular weight is 366 g/mol. The topological polar surface area (TPSA) is 85.3 Å². The summed E-state index contributed by atoms with van der Waals surface area (Å²) in [4.78, 5) is 23.5. The third kappa shape index (κ3) is 3.49. The van der Waals surface area contributed by atoms with E-state index in [1.165, 1.54) is 0 Å². The molecule has 0 aliphatic carbocycles. The number of aryl methyl sites for hydroxylation is 2. The summed E-state index contributed by atoms with van der Waals surface area (Å²) in [7, 11) is 0. The zero-order valence-electron chi connectivity index (χ0n) is 15.5. The van der Waals surface area contributed by atoms with Crippen LogP contribution in [0.1, 0.15) is 53.7 Å². The molecule has 1 atom stereocenters. The molecule has 0 saturated carbocycles. The number of aromatic nitrogens is 3. The first-order valence-electron chi connectivity index (χ1n) is 9.30. The number of carbonyl (C=O) groups excluding carboxylic acids is 1. The van der Waals surface area contributed by atoms with Crippen LogP contribution in [-0.4, -0.2) is 39.0 Å². The first-order valence-corrected chi connectivity index (χ1v) is 9.30. The van der Waals surface area contributed by atoms with Crippen molar-refractivity contribution < 1.29 is 13.7 Å². The molecule has 0 radical (unpaired) electrons. The summed E-state index contributed by atoms with van der Waals surface area (Å²) < 4.78 is 11.1. The van der Waals surface area contributed by atoms with E-state index >= 15 is 0 Å². The summed E-state index contributed by atoms with van der Waals surface area (Å²) in [5.74, 6) is 1.99. The Morgan fingerprint density at radius 3 is 2.81 bits per heavy atom. The van der Waals surface area contributed by atoms with E-state index in [4.69, 9.17) is 8.94 Å². The fourth-order valence-corrected chi connectivity index (χ4v) is 3.41. The number of oxazole rings is 1. The fourth-order valence-electron chi connectivity index (χ4n) is 3.41. The van der Waals surface area contributed by atoms with Gasteiger partial charge in [-0.1, -0.05) is 42.4 Å². The molecule has 1 fully saturated rings. The van der Waals surface area contributed by atoms with Crippen molar-refractivity contribution in [2.24, 2.45) is 0 Å². The molecule has 2 aromatic heterocycles. The van der Waals surface area contributed by atoms with Gasteiger partial charge in [0.25, 0.3) is 5.91 Å². The molecule has 1 saturated heterocycles. The lowest BCUT2D eigenvalue weighted by Gasteiger charge is -2.30. The molecule has 7 heteroatoms. The Morgan fingerprint density at radius 2 is 2.07 bits per heavy atom. The molecule has 0 N–H and O–H groups in total. The Kier molecular flexibility index (Phi) is 4.75.